The molecule has 1 heterocycles. The maximum atomic E-state index is 12.8. The van der Waals surface area contributed by atoms with Crippen molar-refractivity contribution in [2.24, 2.45) is 0 Å². The molecule has 0 radical (unpaired) electrons. The Morgan fingerprint density at radius 3 is 2.35 bits per heavy atom. The van der Waals surface area contributed by atoms with E-state index in [1.807, 2.05) is 0 Å². The van der Waals surface area contributed by atoms with Crippen LogP contribution in [0.15, 0.2) is 41.5 Å². The van der Waals surface area contributed by atoms with Gasteiger partial charge in [-0.2, -0.15) is 0 Å². The van der Waals surface area contributed by atoms with Crippen molar-refractivity contribution in [1.82, 2.24) is 9.55 Å². The normalized spacial score (nSPS) is 11.2. The number of anilines is 2. The summed E-state index contributed by atoms with van der Waals surface area (Å²) in [6.07, 6.45) is 3.03. The molecule has 0 saturated heterocycles. The number of hydrogen-bond donors (Lipinski definition) is 2. The highest BCUT2D eigenvalue weighted by molar-refractivity contribution is 7.92. The first-order chi connectivity index (χ1) is 16.1. The first-order valence-electron chi connectivity index (χ1n) is 10.2. The van der Waals surface area contributed by atoms with Crippen LogP contribution in [-0.4, -0.2) is 51.5 Å². The van der Waals surface area contributed by atoms with Gasteiger partial charge >= 0.3 is 0 Å². The van der Waals surface area contributed by atoms with Crippen LogP contribution in [0.1, 0.15) is 12.8 Å². The lowest BCUT2D eigenvalue weighted by Crippen LogP contribution is -2.22. The lowest BCUT2D eigenvalue weighted by atomic mass is 10.2. The van der Waals surface area contributed by atoms with E-state index in [0.29, 0.717) is 41.1 Å². The second-order valence-corrected chi connectivity index (χ2v) is 9.16. The van der Waals surface area contributed by atoms with Gasteiger partial charge in [-0.05, 0) is 24.6 Å². The standard InChI is InChI=1S/C22H26N4O7S/c1-31-18-10-14(7-8-16(18)25-34(4,29)30)24-21(27)6-5-9-26-13-23-17-12-20(33-3)19(32-2)11-15(17)22(26)28/h7-8,10-13,25H,5-6,9H2,1-4H3,(H,24,27). The number of nitrogens with one attached hydrogen (secondary N) is 2. The average molecular weight is 491 g/mol. The lowest BCUT2D eigenvalue weighted by molar-refractivity contribution is -0.116. The summed E-state index contributed by atoms with van der Waals surface area (Å²) in [5, 5.41) is 3.12. The van der Waals surface area contributed by atoms with Gasteiger partial charge in [0.25, 0.3) is 5.56 Å². The molecule has 34 heavy (non-hydrogen) atoms. The smallest absolute Gasteiger partial charge is 0.261 e. The van der Waals surface area contributed by atoms with Crippen LogP contribution in [0.25, 0.3) is 10.9 Å². The number of ether oxygens (including phenoxy) is 3. The van der Waals surface area contributed by atoms with Gasteiger partial charge in [0.1, 0.15) is 5.75 Å². The quantitative estimate of drug-likeness (QED) is 0.441. The Morgan fingerprint density at radius 2 is 1.71 bits per heavy atom. The van der Waals surface area contributed by atoms with E-state index in [9.17, 15) is 18.0 Å². The summed E-state index contributed by atoms with van der Waals surface area (Å²) in [4.78, 5) is 29.5. The van der Waals surface area contributed by atoms with Crippen molar-refractivity contribution in [2.45, 2.75) is 19.4 Å². The van der Waals surface area contributed by atoms with Crippen molar-refractivity contribution in [3.63, 3.8) is 0 Å². The average Bonchev–Trinajstić information content (AvgIpc) is 2.79. The minimum absolute atomic E-state index is 0.155. The van der Waals surface area contributed by atoms with Gasteiger partial charge < -0.3 is 19.5 Å². The summed E-state index contributed by atoms with van der Waals surface area (Å²) in [5.41, 5.74) is 0.955. The first-order valence-corrected chi connectivity index (χ1v) is 12.1. The molecule has 182 valence electrons. The third kappa shape index (κ3) is 5.95. The number of carbonyl (C=O) groups is 1. The van der Waals surface area contributed by atoms with Gasteiger partial charge in [0.2, 0.25) is 15.9 Å². The molecule has 0 aliphatic rings. The number of fused-ring (bicyclic) bond motifs is 1. The van der Waals surface area contributed by atoms with Crippen molar-refractivity contribution in [3.05, 3.63) is 47.0 Å². The van der Waals surface area contributed by atoms with Crippen molar-refractivity contribution in [3.8, 4) is 17.2 Å². The zero-order chi connectivity index (χ0) is 24.9. The molecule has 0 fully saturated rings. The van der Waals surface area contributed by atoms with E-state index in [2.05, 4.69) is 15.0 Å². The van der Waals surface area contributed by atoms with Gasteiger partial charge in [-0.15, -0.1) is 0 Å². The van der Waals surface area contributed by atoms with Crippen molar-refractivity contribution >= 4 is 38.2 Å². The molecule has 0 aliphatic carbocycles. The number of hydrogen-bond acceptors (Lipinski definition) is 8. The minimum Gasteiger partial charge on any atom is -0.494 e. The van der Waals surface area contributed by atoms with Crippen LogP contribution in [-0.2, 0) is 21.4 Å². The van der Waals surface area contributed by atoms with E-state index in [1.54, 1.807) is 18.2 Å². The zero-order valence-electron chi connectivity index (χ0n) is 19.2. The molecule has 2 aromatic carbocycles. The van der Waals surface area contributed by atoms with E-state index in [1.165, 1.54) is 44.4 Å². The van der Waals surface area contributed by atoms with Crippen LogP contribution in [0, 0.1) is 0 Å². The summed E-state index contributed by atoms with van der Waals surface area (Å²) in [6.45, 7) is 0.296. The Hall–Kier alpha value is -3.80. The number of rotatable bonds is 10. The summed E-state index contributed by atoms with van der Waals surface area (Å²) in [6, 6.07) is 7.80. The van der Waals surface area contributed by atoms with E-state index in [0.717, 1.165) is 6.26 Å². The highest BCUT2D eigenvalue weighted by Gasteiger charge is 2.13. The molecule has 11 nitrogen and oxygen atoms in total. The third-order valence-electron chi connectivity index (χ3n) is 4.91. The van der Waals surface area contributed by atoms with Crippen LogP contribution >= 0.6 is 0 Å². The molecule has 0 atom stereocenters. The van der Waals surface area contributed by atoms with Crippen LogP contribution in [0.5, 0.6) is 17.2 Å². The number of methoxy groups -OCH3 is 3. The predicted octanol–water partition coefficient (Wildman–Crippen LogP) is 2.21. The number of nitrogens with zero attached hydrogens (tertiary/aromatic N) is 2. The Labute approximate surface area is 196 Å². The van der Waals surface area contributed by atoms with E-state index in [4.69, 9.17) is 14.2 Å². The fourth-order valence-electron chi connectivity index (χ4n) is 3.33. The van der Waals surface area contributed by atoms with Gasteiger partial charge in [-0.25, -0.2) is 13.4 Å². The Morgan fingerprint density at radius 1 is 1.03 bits per heavy atom. The number of benzene rings is 2. The zero-order valence-corrected chi connectivity index (χ0v) is 20.1. The highest BCUT2D eigenvalue weighted by Crippen LogP contribution is 2.30. The molecule has 2 N–H and O–H groups in total. The molecule has 0 saturated carbocycles. The predicted molar refractivity (Wildman–Crippen MR) is 128 cm³/mol. The molecule has 3 aromatic rings. The highest BCUT2D eigenvalue weighted by atomic mass is 32.2. The number of aryl methyl sites for hydroxylation is 1. The molecule has 1 aromatic heterocycles. The Kier molecular flexibility index (Phi) is 7.61. The van der Waals surface area contributed by atoms with Crippen LogP contribution in [0.2, 0.25) is 0 Å². The molecule has 0 aliphatic heterocycles. The molecule has 0 bridgehead atoms. The van der Waals surface area contributed by atoms with E-state index < -0.39 is 10.0 Å². The van der Waals surface area contributed by atoms with Crippen LogP contribution < -0.4 is 29.8 Å². The lowest BCUT2D eigenvalue weighted by Gasteiger charge is -2.12. The molecule has 1 amide bonds. The maximum Gasteiger partial charge on any atom is 0.261 e. The van der Waals surface area contributed by atoms with E-state index >= 15 is 0 Å². The second kappa shape index (κ2) is 10.4. The molecule has 12 heteroatoms. The molecule has 0 spiro atoms. The Balaban J connectivity index is 1.65. The van der Waals surface area contributed by atoms with Crippen LogP contribution in [0.4, 0.5) is 11.4 Å². The largest absolute Gasteiger partial charge is 0.494 e. The van der Waals surface area contributed by atoms with Gasteiger partial charge in [0.05, 0.1) is 50.5 Å². The monoisotopic (exact) mass is 490 g/mol. The molecular weight excluding hydrogens is 464 g/mol. The van der Waals surface area contributed by atoms with Gasteiger partial charge in [-0.3, -0.25) is 18.9 Å². The number of amides is 1. The molecule has 0 unspecified atom stereocenters. The molecular formula is C22H26N4O7S. The topological polar surface area (TPSA) is 138 Å². The second-order valence-electron chi connectivity index (χ2n) is 7.41. The Bertz CT molecular complexity index is 1370. The van der Waals surface area contributed by atoms with Crippen LogP contribution in [0.3, 0.4) is 0 Å². The fourth-order valence-corrected chi connectivity index (χ4v) is 3.90. The number of carbonyl (C=O) groups excluding carboxylic acids is 1. The summed E-state index contributed by atoms with van der Waals surface area (Å²) >= 11 is 0. The summed E-state index contributed by atoms with van der Waals surface area (Å²) in [5.74, 6) is 0.912. The maximum absolute atomic E-state index is 12.8. The molecule has 3 rings (SSSR count). The first kappa shape index (κ1) is 24.8. The van der Waals surface area contributed by atoms with Crippen molar-refractivity contribution < 1.29 is 27.4 Å². The summed E-state index contributed by atoms with van der Waals surface area (Å²) in [7, 11) is 0.921. The SMILES string of the molecule is COc1cc(NC(=O)CCCn2cnc3cc(OC)c(OC)cc3c2=O)ccc1NS(C)(=O)=O. The fraction of sp³-hybridized carbons (Fsp3) is 0.318. The van der Waals surface area contributed by atoms with Gasteiger partial charge in [0, 0.05) is 30.8 Å². The number of sulfonamides is 1. The summed E-state index contributed by atoms with van der Waals surface area (Å²) < 4.78 is 42.4. The minimum atomic E-state index is -3.47. The van der Waals surface area contributed by atoms with Crippen molar-refractivity contribution in [2.75, 3.05) is 37.6 Å². The number of aromatic nitrogens is 2. The van der Waals surface area contributed by atoms with Crippen molar-refractivity contribution in [1.29, 1.82) is 0 Å². The van der Waals surface area contributed by atoms with Gasteiger partial charge in [-0.1, -0.05) is 0 Å². The third-order valence-corrected chi connectivity index (χ3v) is 5.50. The van der Waals surface area contributed by atoms with Gasteiger partial charge in [0.15, 0.2) is 11.5 Å². The van der Waals surface area contributed by atoms with E-state index in [-0.39, 0.29) is 29.3 Å².